The third-order valence-electron chi connectivity index (χ3n) is 3.47. The summed E-state index contributed by atoms with van der Waals surface area (Å²) in [7, 11) is 1.52. The number of esters is 1. The van der Waals surface area contributed by atoms with E-state index in [0.29, 0.717) is 12.2 Å². The molecule has 10 heteroatoms. The summed E-state index contributed by atoms with van der Waals surface area (Å²) in [6.07, 6.45) is -4.84. The van der Waals surface area contributed by atoms with Crippen LogP contribution in [0.25, 0.3) is 0 Å². The molecule has 0 saturated carbocycles. The summed E-state index contributed by atoms with van der Waals surface area (Å²) in [5.41, 5.74) is -2.73. The Morgan fingerprint density at radius 2 is 1.70 bits per heavy atom. The molecule has 0 heterocycles. The lowest BCUT2D eigenvalue weighted by Gasteiger charge is -2.33. The van der Waals surface area contributed by atoms with Crippen molar-refractivity contribution in [1.82, 2.24) is 10.6 Å². The molecule has 152 valence electrons. The maximum Gasteiger partial charge on any atom is 0.448 e. The second-order valence-electron chi connectivity index (χ2n) is 5.31. The maximum atomic E-state index is 13.5. The average molecular weight is 392 g/mol. The summed E-state index contributed by atoms with van der Waals surface area (Å²) in [6, 6.07) is 5.76. The highest BCUT2D eigenvalue weighted by Gasteiger charge is 2.64. The van der Waals surface area contributed by atoms with Crippen LogP contribution in [0.2, 0.25) is 0 Å². The molecule has 1 unspecified atom stereocenters. The molecule has 0 radical (unpaired) electrons. The van der Waals surface area contributed by atoms with Gasteiger partial charge in [0.2, 0.25) is 0 Å². The Morgan fingerprint density at radius 1 is 1.07 bits per heavy atom. The van der Waals surface area contributed by atoms with Gasteiger partial charge in [-0.1, -0.05) is 12.1 Å². The maximum absolute atomic E-state index is 13.5. The van der Waals surface area contributed by atoms with Gasteiger partial charge in [0, 0.05) is 13.2 Å². The monoisotopic (exact) mass is 392 g/mol. The Labute approximate surface area is 155 Å². The molecule has 0 saturated heterocycles. The molecule has 0 aromatic heterocycles. The number of urea groups is 1. The van der Waals surface area contributed by atoms with Crippen molar-refractivity contribution in [2.24, 2.45) is 0 Å². The van der Waals surface area contributed by atoms with Crippen LogP contribution in [-0.4, -0.2) is 50.8 Å². The molecule has 0 spiro atoms. The van der Waals surface area contributed by atoms with E-state index in [1.54, 1.807) is 29.6 Å². The zero-order valence-corrected chi connectivity index (χ0v) is 15.3. The van der Waals surface area contributed by atoms with Gasteiger partial charge >= 0.3 is 23.9 Å². The number of ether oxygens (including phenoxy) is 3. The molecule has 1 rings (SSSR count). The highest BCUT2D eigenvalue weighted by molar-refractivity contribution is 5.87. The van der Waals surface area contributed by atoms with E-state index >= 15 is 0 Å². The van der Waals surface area contributed by atoms with Crippen LogP contribution in [-0.2, 0) is 20.7 Å². The minimum Gasteiger partial charge on any atom is -0.497 e. The first-order valence-electron chi connectivity index (χ1n) is 8.27. The van der Waals surface area contributed by atoms with Crippen molar-refractivity contribution in [2.45, 2.75) is 32.2 Å². The summed E-state index contributed by atoms with van der Waals surface area (Å²) in [6.45, 7) is 1.89. The number of halogens is 3. The van der Waals surface area contributed by atoms with E-state index in [9.17, 15) is 22.8 Å². The largest absolute Gasteiger partial charge is 0.497 e. The zero-order valence-electron chi connectivity index (χ0n) is 15.3. The Kier molecular flexibility index (Phi) is 8.35. The molecule has 0 fully saturated rings. The fraction of sp³-hybridized carbons (Fsp3) is 0.529. The van der Waals surface area contributed by atoms with Crippen LogP contribution in [0, 0.1) is 0 Å². The SMILES string of the molecule is CCOC(=O)C(NC(=O)NCCc1ccc(OC)cc1)(OCC)C(F)(F)F. The molecule has 2 N–H and O–H groups in total. The number of hydrogen-bond acceptors (Lipinski definition) is 5. The number of carbonyl (C=O) groups is 2. The van der Waals surface area contributed by atoms with Gasteiger partial charge in [0.15, 0.2) is 0 Å². The lowest BCUT2D eigenvalue weighted by molar-refractivity contribution is -0.283. The summed E-state index contributed by atoms with van der Waals surface area (Å²) in [5, 5.41) is 3.84. The molecule has 27 heavy (non-hydrogen) atoms. The van der Waals surface area contributed by atoms with Crippen LogP contribution in [0.15, 0.2) is 24.3 Å². The van der Waals surface area contributed by atoms with E-state index in [0.717, 1.165) is 5.56 Å². The van der Waals surface area contributed by atoms with Crippen LogP contribution in [0.5, 0.6) is 5.75 Å². The number of carbonyl (C=O) groups excluding carboxylic acids is 2. The van der Waals surface area contributed by atoms with E-state index < -0.39 is 30.5 Å². The summed E-state index contributed by atoms with van der Waals surface area (Å²) in [5.74, 6) is -1.07. The standard InChI is InChI=1S/C17H23F3N2O5/c1-4-26-14(23)16(27-5-2,17(18,19)20)22-15(24)21-11-10-12-6-8-13(25-3)9-7-12/h6-9H,4-5,10-11H2,1-3H3,(H2,21,22,24). The first-order chi connectivity index (χ1) is 12.7. The second kappa shape index (κ2) is 10.0. The van der Waals surface area contributed by atoms with Crippen LogP contribution < -0.4 is 15.4 Å². The predicted octanol–water partition coefficient (Wildman–Crippen LogP) is 2.40. The Balaban J connectivity index is 2.75. The van der Waals surface area contributed by atoms with Crippen molar-refractivity contribution in [1.29, 1.82) is 0 Å². The van der Waals surface area contributed by atoms with Crippen molar-refractivity contribution in [3.05, 3.63) is 29.8 Å². The van der Waals surface area contributed by atoms with Gasteiger partial charge in [0.25, 0.3) is 0 Å². The van der Waals surface area contributed by atoms with Crippen LogP contribution in [0.1, 0.15) is 19.4 Å². The van der Waals surface area contributed by atoms with Gasteiger partial charge in [0.05, 0.1) is 13.7 Å². The number of methoxy groups -OCH3 is 1. The van der Waals surface area contributed by atoms with Gasteiger partial charge in [0.1, 0.15) is 5.75 Å². The van der Waals surface area contributed by atoms with Gasteiger partial charge in [-0.05, 0) is 38.0 Å². The van der Waals surface area contributed by atoms with Gasteiger partial charge in [-0.3, -0.25) is 5.32 Å². The molecule has 7 nitrogen and oxygen atoms in total. The van der Waals surface area contributed by atoms with E-state index in [1.165, 1.54) is 21.0 Å². The number of rotatable bonds is 9. The molecule has 1 aromatic rings. The molecule has 1 atom stereocenters. The van der Waals surface area contributed by atoms with Crippen molar-refractivity contribution in [3.8, 4) is 5.75 Å². The lowest BCUT2D eigenvalue weighted by Crippen LogP contribution is -2.67. The Bertz CT molecular complexity index is 622. The highest BCUT2D eigenvalue weighted by Crippen LogP contribution is 2.33. The molecule has 1 aromatic carbocycles. The highest BCUT2D eigenvalue weighted by atomic mass is 19.4. The van der Waals surface area contributed by atoms with E-state index in [-0.39, 0.29) is 13.2 Å². The number of alkyl halides is 3. The second-order valence-corrected chi connectivity index (χ2v) is 5.31. The van der Waals surface area contributed by atoms with E-state index in [2.05, 4.69) is 14.8 Å². The van der Waals surface area contributed by atoms with Crippen LogP contribution in [0.4, 0.5) is 18.0 Å². The van der Waals surface area contributed by atoms with Gasteiger partial charge in [-0.25, -0.2) is 9.59 Å². The normalized spacial score (nSPS) is 13.4. The lowest BCUT2D eigenvalue weighted by atomic mass is 10.1. The van der Waals surface area contributed by atoms with Gasteiger partial charge < -0.3 is 19.5 Å². The Hall–Kier alpha value is -2.49. The van der Waals surface area contributed by atoms with Crippen LogP contribution >= 0.6 is 0 Å². The van der Waals surface area contributed by atoms with Crippen molar-refractivity contribution >= 4 is 12.0 Å². The zero-order chi connectivity index (χ0) is 20.5. The fourth-order valence-electron chi connectivity index (χ4n) is 2.18. The van der Waals surface area contributed by atoms with Gasteiger partial charge in [-0.15, -0.1) is 0 Å². The van der Waals surface area contributed by atoms with Crippen molar-refractivity contribution in [2.75, 3.05) is 26.9 Å². The number of amides is 2. The van der Waals surface area contributed by atoms with Crippen LogP contribution in [0.3, 0.4) is 0 Å². The van der Waals surface area contributed by atoms with Gasteiger partial charge in [-0.2, -0.15) is 13.2 Å². The molecule has 0 aliphatic heterocycles. The molecule has 0 aliphatic carbocycles. The number of hydrogen-bond donors (Lipinski definition) is 2. The molecular weight excluding hydrogens is 369 g/mol. The first kappa shape index (κ1) is 22.6. The minimum absolute atomic E-state index is 0.0427. The smallest absolute Gasteiger partial charge is 0.448 e. The molecular formula is C17H23F3N2O5. The average Bonchev–Trinajstić information content (AvgIpc) is 2.61. The fourth-order valence-corrected chi connectivity index (χ4v) is 2.18. The summed E-state index contributed by atoms with van der Waals surface area (Å²) < 4.78 is 54.5. The minimum atomic E-state index is -5.21. The van der Waals surface area contributed by atoms with E-state index in [4.69, 9.17) is 4.74 Å². The number of nitrogens with one attached hydrogen (secondary N) is 2. The molecule has 0 aliphatic rings. The third kappa shape index (κ3) is 6.02. The molecule has 0 bridgehead atoms. The first-order valence-corrected chi connectivity index (χ1v) is 8.27. The quantitative estimate of drug-likeness (QED) is 0.498. The number of benzene rings is 1. The summed E-state index contributed by atoms with van der Waals surface area (Å²) in [4.78, 5) is 23.8. The third-order valence-corrected chi connectivity index (χ3v) is 3.47. The summed E-state index contributed by atoms with van der Waals surface area (Å²) >= 11 is 0. The van der Waals surface area contributed by atoms with Crippen molar-refractivity contribution < 1.29 is 37.0 Å². The predicted molar refractivity (Wildman–Crippen MR) is 90.3 cm³/mol. The topological polar surface area (TPSA) is 85.9 Å². The Morgan fingerprint density at radius 3 is 2.19 bits per heavy atom. The molecule has 2 amide bonds. The van der Waals surface area contributed by atoms with Crippen molar-refractivity contribution in [3.63, 3.8) is 0 Å². The van der Waals surface area contributed by atoms with E-state index in [1.807, 2.05) is 0 Å².